The third-order valence-corrected chi connectivity index (χ3v) is 2.96. The maximum Gasteiger partial charge on any atom is 0.335 e. The van der Waals surface area contributed by atoms with Crippen LogP contribution in [0.2, 0.25) is 0 Å². The predicted octanol–water partition coefficient (Wildman–Crippen LogP) is 2.65. The minimum absolute atomic E-state index is 0.191. The van der Waals surface area contributed by atoms with Gasteiger partial charge in [-0.2, -0.15) is 0 Å². The number of hydrogen-bond acceptors (Lipinski definition) is 3. The lowest BCUT2D eigenvalue weighted by Gasteiger charge is -2.10. The van der Waals surface area contributed by atoms with E-state index >= 15 is 0 Å². The van der Waals surface area contributed by atoms with E-state index in [0.717, 1.165) is 5.76 Å². The van der Waals surface area contributed by atoms with Gasteiger partial charge < -0.3 is 20.2 Å². The number of urea groups is 1. The molecule has 1 aromatic carbocycles. The van der Waals surface area contributed by atoms with Gasteiger partial charge in [0.05, 0.1) is 11.8 Å². The molecule has 1 heterocycles. The summed E-state index contributed by atoms with van der Waals surface area (Å²) in [5.74, 6) is -0.190. The molecule has 0 spiro atoms. The van der Waals surface area contributed by atoms with E-state index in [1.54, 1.807) is 25.3 Å². The molecular formula is C15H16N2O4. The fourth-order valence-corrected chi connectivity index (χ4v) is 1.86. The summed E-state index contributed by atoms with van der Waals surface area (Å²) in [6, 6.07) is 7.84. The molecule has 6 heteroatoms. The maximum absolute atomic E-state index is 11.7. The minimum atomic E-state index is -0.993. The van der Waals surface area contributed by atoms with Gasteiger partial charge in [-0.25, -0.2) is 9.59 Å². The second-order valence-electron chi connectivity index (χ2n) is 4.55. The van der Waals surface area contributed by atoms with Crippen LogP contribution in [0, 0.1) is 6.92 Å². The summed E-state index contributed by atoms with van der Waals surface area (Å²) in [5.41, 5.74) is 1.46. The van der Waals surface area contributed by atoms with Gasteiger partial charge in [0, 0.05) is 18.7 Å². The Labute approximate surface area is 121 Å². The smallest absolute Gasteiger partial charge is 0.335 e. The fraction of sp³-hybridized carbons (Fsp3) is 0.200. The van der Waals surface area contributed by atoms with Crippen LogP contribution in [-0.4, -0.2) is 23.7 Å². The molecule has 0 saturated carbocycles. The van der Waals surface area contributed by atoms with E-state index in [0.29, 0.717) is 24.2 Å². The average molecular weight is 288 g/mol. The van der Waals surface area contributed by atoms with E-state index in [1.807, 2.05) is 6.07 Å². The second-order valence-corrected chi connectivity index (χ2v) is 4.55. The van der Waals surface area contributed by atoms with Gasteiger partial charge in [0.2, 0.25) is 0 Å². The quantitative estimate of drug-likeness (QED) is 0.788. The Hall–Kier alpha value is -2.76. The molecular weight excluding hydrogens is 272 g/mol. The molecule has 0 aliphatic rings. The van der Waals surface area contributed by atoms with Gasteiger partial charge in [-0.05, 0) is 42.8 Å². The first-order valence-electron chi connectivity index (χ1n) is 6.47. The molecule has 0 bridgehead atoms. The summed E-state index contributed by atoms with van der Waals surface area (Å²) in [5, 5.41) is 14.3. The Bertz CT molecular complexity index is 635. The topological polar surface area (TPSA) is 91.6 Å². The molecule has 1 aromatic heterocycles. The molecule has 110 valence electrons. The monoisotopic (exact) mass is 288 g/mol. The zero-order valence-corrected chi connectivity index (χ0v) is 11.6. The van der Waals surface area contributed by atoms with Gasteiger partial charge in [-0.15, -0.1) is 0 Å². The standard InChI is InChI=1S/C15H16N2O4/c1-10-9-11(14(18)19)4-5-13(10)17-15(20)16-7-6-12-3-2-8-21-12/h2-5,8-9H,6-7H2,1H3,(H,18,19)(H2,16,17,20). The van der Waals surface area contributed by atoms with E-state index in [-0.39, 0.29) is 11.6 Å². The Morgan fingerprint density at radius 2 is 2.10 bits per heavy atom. The first kappa shape index (κ1) is 14.6. The highest BCUT2D eigenvalue weighted by atomic mass is 16.4. The molecule has 0 saturated heterocycles. The van der Waals surface area contributed by atoms with Crippen molar-refractivity contribution in [2.24, 2.45) is 0 Å². The third-order valence-electron chi connectivity index (χ3n) is 2.96. The molecule has 2 amide bonds. The summed E-state index contributed by atoms with van der Waals surface area (Å²) in [6.45, 7) is 2.19. The van der Waals surface area contributed by atoms with E-state index in [1.165, 1.54) is 12.1 Å². The van der Waals surface area contributed by atoms with Crippen molar-refractivity contribution in [3.63, 3.8) is 0 Å². The van der Waals surface area contributed by atoms with E-state index in [4.69, 9.17) is 9.52 Å². The lowest BCUT2D eigenvalue weighted by molar-refractivity contribution is 0.0697. The molecule has 3 N–H and O–H groups in total. The van der Waals surface area contributed by atoms with Crippen LogP contribution in [-0.2, 0) is 6.42 Å². The summed E-state index contributed by atoms with van der Waals surface area (Å²) >= 11 is 0. The number of carboxylic acids is 1. The molecule has 0 unspecified atom stereocenters. The number of hydrogen-bond donors (Lipinski definition) is 3. The van der Waals surface area contributed by atoms with Crippen LogP contribution in [0.15, 0.2) is 41.0 Å². The molecule has 6 nitrogen and oxygen atoms in total. The Morgan fingerprint density at radius 3 is 2.71 bits per heavy atom. The van der Waals surface area contributed by atoms with Crippen molar-refractivity contribution in [3.8, 4) is 0 Å². The Balaban J connectivity index is 1.86. The maximum atomic E-state index is 11.7. The van der Waals surface area contributed by atoms with Gasteiger partial charge in [-0.3, -0.25) is 0 Å². The zero-order valence-electron chi connectivity index (χ0n) is 11.6. The number of rotatable bonds is 5. The number of carbonyl (C=O) groups is 2. The lowest BCUT2D eigenvalue weighted by atomic mass is 10.1. The van der Waals surface area contributed by atoms with E-state index in [9.17, 15) is 9.59 Å². The fourth-order valence-electron chi connectivity index (χ4n) is 1.86. The van der Waals surface area contributed by atoms with Gasteiger partial charge >= 0.3 is 12.0 Å². The second kappa shape index (κ2) is 6.60. The largest absolute Gasteiger partial charge is 0.478 e. The van der Waals surface area contributed by atoms with E-state index < -0.39 is 5.97 Å². The lowest BCUT2D eigenvalue weighted by Crippen LogP contribution is -2.30. The summed E-state index contributed by atoms with van der Waals surface area (Å²) < 4.78 is 5.16. The molecule has 0 atom stereocenters. The molecule has 0 fully saturated rings. The molecule has 2 aromatic rings. The number of furan rings is 1. The number of benzene rings is 1. The molecule has 0 aliphatic heterocycles. The van der Waals surface area contributed by atoms with Crippen LogP contribution in [0.3, 0.4) is 0 Å². The number of carboxylic acid groups (broad SMARTS) is 1. The van der Waals surface area contributed by atoms with Crippen molar-refractivity contribution in [1.82, 2.24) is 5.32 Å². The number of anilines is 1. The summed E-state index contributed by atoms with van der Waals surface area (Å²) in [7, 11) is 0. The van der Waals surface area contributed by atoms with Gasteiger partial charge in [0.25, 0.3) is 0 Å². The average Bonchev–Trinajstić information content (AvgIpc) is 2.94. The molecule has 0 aliphatic carbocycles. The third kappa shape index (κ3) is 4.10. The SMILES string of the molecule is Cc1cc(C(=O)O)ccc1NC(=O)NCCc1ccco1. The number of aryl methyl sites for hydroxylation is 1. The van der Waals surface area contributed by atoms with E-state index in [2.05, 4.69) is 10.6 Å². The summed E-state index contributed by atoms with van der Waals surface area (Å²) in [4.78, 5) is 22.6. The van der Waals surface area contributed by atoms with Gasteiger partial charge in [0.15, 0.2) is 0 Å². The van der Waals surface area contributed by atoms with Crippen molar-refractivity contribution in [2.75, 3.05) is 11.9 Å². The van der Waals surface area contributed by atoms with Crippen molar-refractivity contribution in [3.05, 3.63) is 53.5 Å². The van der Waals surface area contributed by atoms with Gasteiger partial charge in [0.1, 0.15) is 5.76 Å². The summed E-state index contributed by atoms with van der Waals surface area (Å²) in [6.07, 6.45) is 2.19. The van der Waals surface area contributed by atoms with Crippen LogP contribution >= 0.6 is 0 Å². The normalized spacial score (nSPS) is 10.1. The number of carbonyl (C=O) groups excluding carboxylic acids is 1. The molecule has 21 heavy (non-hydrogen) atoms. The highest BCUT2D eigenvalue weighted by molar-refractivity contribution is 5.92. The molecule has 0 radical (unpaired) electrons. The first-order valence-corrected chi connectivity index (χ1v) is 6.47. The predicted molar refractivity (Wildman–Crippen MR) is 77.6 cm³/mol. The Kier molecular flexibility index (Phi) is 4.61. The van der Waals surface area contributed by atoms with Crippen LogP contribution in [0.5, 0.6) is 0 Å². The van der Waals surface area contributed by atoms with Crippen molar-refractivity contribution in [1.29, 1.82) is 0 Å². The Morgan fingerprint density at radius 1 is 1.29 bits per heavy atom. The number of amides is 2. The molecule has 2 rings (SSSR count). The zero-order chi connectivity index (χ0) is 15.2. The van der Waals surface area contributed by atoms with Crippen molar-refractivity contribution in [2.45, 2.75) is 13.3 Å². The minimum Gasteiger partial charge on any atom is -0.478 e. The first-order chi connectivity index (χ1) is 10.1. The highest BCUT2D eigenvalue weighted by Crippen LogP contribution is 2.16. The number of nitrogens with one attached hydrogen (secondary N) is 2. The van der Waals surface area contributed by atoms with Crippen LogP contribution in [0.25, 0.3) is 0 Å². The van der Waals surface area contributed by atoms with Crippen LogP contribution in [0.1, 0.15) is 21.7 Å². The van der Waals surface area contributed by atoms with Crippen molar-refractivity contribution < 1.29 is 19.1 Å². The highest BCUT2D eigenvalue weighted by Gasteiger charge is 2.08. The number of aromatic carboxylic acids is 1. The van der Waals surface area contributed by atoms with Crippen molar-refractivity contribution >= 4 is 17.7 Å². The van der Waals surface area contributed by atoms with Crippen LogP contribution in [0.4, 0.5) is 10.5 Å². The van der Waals surface area contributed by atoms with Gasteiger partial charge in [-0.1, -0.05) is 0 Å². The van der Waals surface area contributed by atoms with Crippen LogP contribution < -0.4 is 10.6 Å².